The first kappa shape index (κ1) is 12.8. The predicted molar refractivity (Wildman–Crippen MR) is 64.1 cm³/mol. The number of hydrogen-bond donors (Lipinski definition) is 3. The van der Waals surface area contributed by atoms with Gasteiger partial charge in [-0.3, -0.25) is 4.79 Å². The van der Waals surface area contributed by atoms with Crippen LogP contribution in [0.3, 0.4) is 0 Å². The number of hydrogen-bond acceptors (Lipinski definition) is 3. The fourth-order valence-electron chi connectivity index (χ4n) is 1.48. The Morgan fingerprint density at radius 3 is 2.37 bits per heavy atom. The summed E-state index contributed by atoms with van der Waals surface area (Å²) in [5.41, 5.74) is -0.0427. The molecular weight excluding hydrogens is 256 g/mol. The van der Waals surface area contributed by atoms with E-state index in [1.165, 1.54) is 6.07 Å². The van der Waals surface area contributed by atoms with E-state index in [-0.39, 0.29) is 11.3 Å². The van der Waals surface area contributed by atoms with Crippen molar-refractivity contribution in [2.45, 2.75) is 0 Å². The number of carbonyl (C=O) groups is 1. The molecule has 2 aromatic carbocycles. The fraction of sp³-hybridized carbons (Fsp3) is 0. The number of anilines is 1. The molecular formula is C13H9F2NO3. The highest BCUT2D eigenvalue weighted by molar-refractivity contribution is 6.06. The Morgan fingerprint density at radius 2 is 1.74 bits per heavy atom. The van der Waals surface area contributed by atoms with Gasteiger partial charge < -0.3 is 15.5 Å². The second kappa shape index (κ2) is 4.93. The molecule has 1 amide bonds. The van der Waals surface area contributed by atoms with Gasteiger partial charge in [0, 0.05) is 17.8 Å². The minimum Gasteiger partial charge on any atom is -0.507 e. The molecule has 0 saturated heterocycles. The first-order chi connectivity index (χ1) is 8.97. The first-order valence-corrected chi connectivity index (χ1v) is 5.26. The highest BCUT2D eigenvalue weighted by atomic mass is 19.1. The Labute approximate surface area is 106 Å². The lowest BCUT2D eigenvalue weighted by atomic mass is 10.1. The molecule has 0 aliphatic rings. The lowest BCUT2D eigenvalue weighted by Crippen LogP contribution is -2.12. The van der Waals surface area contributed by atoms with Gasteiger partial charge >= 0.3 is 0 Å². The number of nitrogens with one attached hydrogen (secondary N) is 1. The maximum absolute atomic E-state index is 13.1. The molecule has 3 N–H and O–H groups in total. The van der Waals surface area contributed by atoms with Crippen LogP contribution in [-0.4, -0.2) is 16.1 Å². The van der Waals surface area contributed by atoms with Crippen LogP contribution in [0.2, 0.25) is 0 Å². The highest BCUT2D eigenvalue weighted by Gasteiger charge is 2.12. The van der Waals surface area contributed by atoms with Crippen molar-refractivity contribution in [3.05, 3.63) is 53.6 Å². The monoisotopic (exact) mass is 265 g/mol. The van der Waals surface area contributed by atoms with Gasteiger partial charge in [0.05, 0.1) is 5.56 Å². The summed E-state index contributed by atoms with van der Waals surface area (Å²) in [7, 11) is 0. The van der Waals surface area contributed by atoms with Crippen LogP contribution in [0.1, 0.15) is 10.4 Å². The smallest absolute Gasteiger partial charge is 0.259 e. The second-order valence-electron chi connectivity index (χ2n) is 3.78. The van der Waals surface area contributed by atoms with Gasteiger partial charge in [-0.15, -0.1) is 0 Å². The van der Waals surface area contributed by atoms with Crippen LogP contribution in [0.4, 0.5) is 14.5 Å². The van der Waals surface area contributed by atoms with Crippen molar-refractivity contribution in [1.29, 1.82) is 0 Å². The maximum Gasteiger partial charge on any atom is 0.259 e. The standard InChI is InChI=1S/C13H9F2NO3/c14-7-1-3-9(12(18)5-7)13(19)16-8-2-4-11(17)10(15)6-8/h1-6,17-18H,(H,16,19). The Kier molecular flexibility index (Phi) is 3.33. The quantitative estimate of drug-likeness (QED) is 0.731. The summed E-state index contributed by atoms with van der Waals surface area (Å²) in [4.78, 5) is 11.8. The summed E-state index contributed by atoms with van der Waals surface area (Å²) >= 11 is 0. The van der Waals surface area contributed by atoms with Gasteiger partial charge in [0.25, 0.3) is 5.91 Å². The van der Waals surface area contributed by atoms with Crippen molar-refractivity contribution in [2.24, 2.45) is 0 Å². The zero-order valence-electron chi connectivity index (χ0n) is 9.52. The Balaban J connectivity index is 2.23. The number of carbonyl (C=O) groups excluding carboxylic acids is 1. The molecule has 4 nitrogen and oxygen atoms in total. The number of aromatic hydroxyl groups is 2. The van der Waals surface area contributed by atoms with Crippen LogP contribution in [0.15, 0.2) is 36.4 Å². The van der Waals surface area contributed by atoms with Gasteiger partial charge in [-0.05, 0) is 24.3 Å². The van der Waals surface area contributed by atoms with E-state index in [4.69, 9.17) is 5.11 Å². The molecule has 19 heavy (non-hydrogen) atoms. The molecule has 0 heterocycles. The molecule has 0 saturated carbocycles. The van der Waals surface area contributed by atoms with Gasteiger partial charge in [-0.2, -0.15) is 0 Å². The average Bonchev–Trinajstić information content (AvgIpc) is 2.33. The van der Waals surface area contributed by atoms with Gasteiger partial charge in [0.15, 0.2) is 11.6 Å². The van der Waals surface area contributed by atoms with Gasteiger partial charge in [-0.1, -0.05) is 0 Å². The summed E-state index contributed by atoms with van der Waals surface area (Å²) in [6, 6.07) is 6.22. The lowest BCUT2D eigenvalue weighted by Gasteiger charge is -2.07. The normalized spacial score (nSPS) is 10.2. The molecule has 0 aliphatic heterocycles. The van der Waals surface area contributed by atoms with Crippen LogP contribution < -0.4 is 5.32 Å². The predicted octanol–water partition coefficient (Wildman–Crippen LogP) is 2.63. The highest BCUT2D eigenvalue weighted by Crippen LogP contribution is 2.22. The average molecular weight is 265 g/mol. The Hall–Kier alpha value is -2.63. The molecule has 0 radical (unpaired) electrons. The number of phenols is 2. The van der Waals surface area contributed by atoms with E-state index in [9.17, 15) is 18.7 Å². The molecule has 2 aromatic rings. The third-order valence-electron chi connectivity index (χ3n) is 2.41. The molecule has 0 aromatic heterocycles. The molecule has 0 spiro atoms. The van der Waals surface area contributed by atoms with E-state index in [1.807, 2.05) is 0 Å². The van der Waals surface area contributed by atoms with E-state index in [0.29, 0.717) is 0 Å². The number of halogens is 2. The topological polar surface area (TPSA) is 69.6 Å². The molecule has 0 aliphatic carbocycles. The van der Waals surface area contributed by atoms with Crippen LogP contribution in [0.5, 0.6) is 11.5 Å². The van der Waals surface area contributed by atoms with Crippen molar-refractivity contribution in [3.8, 4) is 11.5 Å². The fourth-order valence-corrected chi connectivity index (χ4v) is 1.48. The largest absolute Gasteiger partial charge is 0.507 e. The summed E-state index contributed by atoms with van der Waals surface area (Å²) in [5, 5.41) is 20.7. The van der Waals surface area contributed by atoms with Crippen molar-refractivity contribution >= 4 is 11.6 Å². The summed E-state index contributed by atoms with van der Waals surface area (Å²) in [6.07, 6.45) is 0. The second-order valence-corrected chi connectivity index (χ2v) is 3.78. The minimum atomic E-state index is -0.888. The Morgan fingerprint density at radius 1 is 1.00 bits per heavy atom. The summed E-state index contributed by atoms with van der Waals surface area (Å²) < 4.78 is 25.8. The molecule has 0 fully saturated rings. The maximum atomic E-state index is 13.1. The van der Waals surface area contributed by atoms with Crippen molar-refractivity contribution in [3.63, 3.8) is 0 Å². The summed E-state index contributed by atoms with van der Waals surface area (Å²) in [6.45, 7) is 0. The lowest BCUT2D eigenvalue weighted by molar-refractivity contribution is 0.102. The molecule has 0 unspecified atom stereocenters. The van der Waals surface area contributed by atoms with Crippen LogP contribution in [0, 0.1) is 11.6 Å². The van der Waals surface area contributed by atoms with E-state index in [2.05, 4.69) is 5.32 Å². The molecule has 0 atom stereocenters. The molecule has 6 heteroatoms. The SMILES string of the molecule is O=C(Nc1ccc(O)c(F)c1)c1ccc(F)cc1O. The molecule has 2 rings (SSSR count). The van der Waals surface area contributed by atoms with E-state index in [0.717, 1.165) is 30.3 Å². The molecule has 0 bridgehead atoms. The zero-order chi connectivity index (χ0) is 14.0. The van der Waals surface area contributed by atoms with Gasteiger partial charge in [-0.25, -0.2) is 8.78 Å². The van der Waals surface area contributed by atoms with Crippen molar-refractivity contribution in [2.75, 3.05) is 5.32 Å². The number of amides is 1. The number of phenolic OH excluding ortho intramolecular Hbond substituents is 2. The van der Waals surface area contributed by atoms with Gasteiger partial charge in [0.1, 0.15) is 11.6 Å². The van der Waals surface area contributed by atoms with Gasteiger partial charge in [0.2, 0.25) is 0 Å². The van der Waals surface area contributed by atoms with Crippen LogP contribution in [-0.2, 0) is 0 Å². The van der Waals surface area contributed by atoms with Crippen LogP contribution in [0.25, 0.3) is 0 Å². The van der Waals surface area contributed by atoms with Crippen LogP contribution >= 0.6 is 0 Å². The number of benzene rings is 2. The van der Waals surface area contributed by atoms with E-state index < -0.39 is 29.0 Å². The third-order valence-corrected chi connectivity index (χ3v) is 2.41. The third kappa shape index (κ3) is 2.79. The van der Waals surface area contributed by atoms with E-state index >= 15 is 0 Å². The summed E-state index contributed by atoms with van der Waals surface area (Å²) in [5.74, 6) is -3.34. The zero-order valence-corrected chi connectivity index (χ0v) is 9.52. The first-order valence-electron chi connectivity index (χ1n) is 5.26. The van der Waals surface area contributed by atoms with E-state index in [1.54, 1.807) is 0 Å². The number of rotatable bonds is 2. The van der Waals surface area contributed by atoms with Crippen molar-refractivity contribution < 1.29 is 23.8 Å². The van der Waals surface area contributed by atoms with Crippen molar-refractivity contribution in [1.82, 2.24) is 0 Å². The minimum absolute atomic E-state index is 0.101. The molecule has 98 valence electrons. The Bertz CT molecular complexity index is 644.